The number of carbonyl (C=O) groups is 1. The van der Waals surface area contributed by atoms with Crippen LogP contribution >= 0.6 is 0 Å². The second kappa shape index (κ2) is 7.59. The molecule has 0 spiro atoms. The Bertz CT molecular complexity index is 762. The van der Waals surface area contributed by atoms with Crippen LogP contribution in [-0.4, -0.2) is 40.1 Å². The summed E-state index contributed by atoms with van der Waals surface area (Å²) in [5.41, 5.74) is 0.731. The highest BCUT2D eigenvalue weighted by Gasteiger charge is 2.44. The predicted octanol–water partition coefficient (Wildman–Crippen LogP) is 4.08. The fourth-order valence-corrected chi connectivity index (χ4v) is 4.26. The molecule has 3 heterocycles. The molecule has 27 heavy (non-hydrogen) atoms. The van der Waals surface area contributed by atoms with Gasteiger partial charge in [-0.1, -0.05) is 0 Å². The Morgan fingerprint density at radius 2 is 1.78 bits per heavy atom. The van der Waals surface area contributed by atoms with Gasteiger partial charge < -0.3 is 14.4 Å². The van der Waals surface area contributed by atoms with E-state index >= 15 is 0 Å². The van der Waals surface area contributed by atoms with E-state index in [9.17, 15) is 4.79 Å². The van der Waals surface area contributed by atoms with Gasteiger partial charge in [0.25, 0.3) is 5.91 Å². The second-order valence-electron chi connectivity index (χ2n) is 7.69. The Labute approximate surface area is 160 Å². The minimum absolute atomic E-state index is 0.124. The van der Waals surface area contributed by atoms with Crippen LogP contribution in [0.3, 0.4) is 0 Å². The summed E-state index contributed by atoms with van der Waals surface area (Å²) in [7, 11) is 0. The second-order valence-corrected chi connectivity index (χ2v) is 7.69. The smallest absolute Gasteiger partial charge is 0.254 e. The number of carbonyl (C=O) groups excluding carboxylic acids is 1. The zero-order valence-electron chi connectivity index (χ0n) is 15.9. The lowest BCUT2D eigenvalue weighted by molar-refractivity contribution is 0.0358. The van der Waals surface area contributed by atoms with Crippen molar-refractivity contribution in [3.8, 4) is 11.5 Å². The lowest BCUT2D eigenvalue weighted by atomic mass is 9.98. The van der Waals surface area contributed by atoms with Gasteiger partial charge in [-0.25, -0.2) is 0 Å². The number of hydrogen-bond acceptors (Lipinski definition) is 4. The van der Waals surface area contributed by atoms with Crippen LogP contribution in [0, 0.1) is 0 Å². The molecule has 2 fully saturated rings. The highest BCUT2D eigenvalue weighted by atomic mass is 16.5. The largest absolute Gasteiger partial charge is 0.491 e. The zero-order valence-corrected chi connectivity index (χ0v) is 15.9. The number of piperidine rings is 1. The Hall–Kier alpha value is -2.56. The molecule has 1 amide bonds. The Balaban J connectivity index is 1.42. The molecule has 5 nitrogen and oxygen atoms in total. The average molecular weight is 366 g/mol. The molecule has 0 saturated carbocycles. The van der Waals surface area contributed by atoms with E-state index < -0.39 is 0 Å². The minimum Gasteiger partial charge on any atom is -0.491 e. The Kier molecular flexibility index (Phi) is 5.01. The number of aromatic nitrogens is 1. The molecule has 2 bridgehead atoms. The van der Waals surface area contributed by atoms with Gasteiger partial charge in [-0.15, -0.1) is 0 Å². The van der Waals surface area contributed by atoms with E-state index in [1.165, 1.54) is 0 Å². The maximum atomic E-state index is 13.1. The van der Waals surface area contributed by atoms with Gasteiger partial charge in [0, 0.05) is 36.7 Å². The van der Waals surface area contributed by atoms with Crippen molar-refractivity contribution in [2.24, 2.45) is 0 Å². The Morgan fingerprint density at radius 3 is 2.37 bits per heavy atom. The van der Waals surface area contributed by atoms with Crippen molar-refractivity contribution in [2.45, 2.75) is 63.8 Å². The van der Waals surface area contributed by atoms with Crippen LogP contribution in [0.15, 0.2) is 48.8 Å². The highest BCUT2D eigenvalue weighted by molar-refractivity contribution is 5.95. The SMILES string of the molecule is CC(C)Oc1ccc(C(=O)N2C3CCC2CC(Oc2cccnc2)C3)cc1. The first-order valence-electron chi connectivity index (χ1n) is 9.76. The zero-order chi connectivity index (χ0) is 18.8. The number of benzene rings is 1. The van der Waals surface area contributed by atoms with Gasteiger partial charge in [0.15, 0.2) is 0 Å². The van der Waals surface area contributed by atoms with Crippen molar-refractivity contribution in [1.29, 1.82) is 0 Å². The molecule has 1 aromatic carbocycles. The molecule has 1 aromatic heterocycles. The maximum absolute atomic E-state index is 13.1. The predicted molar refractivity (Wildman–Crippen MR) is 103 cm³/mol. The fourth-order valence-electron chi connectivity index (χ4n) is 4.26. The lowest BCUT2D eigenvalue weighted by Gasteiger charge is -2.39. The lowest BCUT2D eigenvalue weighted by Crippen LogP contribution is -2.49. The third-order valence-corrected chi connectivity index (χ3v) is 5.33. The first-order chi connectivity index (χ1) is 13.1. The summed E-state index contributed by atoms with van der Waals surface area (Å²) in [6, 6.07) is 11.8. The summed E-state index contributed by atoms with van der Waals surface area (Å²) in [6.07, 6.45) is 7.64. The number of nitrogens with zero attached hydrogens (tertiary/aromatic N) is 2. The van der Waals surface area contributed by atoms with Gasteiger partial charge in [-0.3, -0.25) is 9.78 Å². The number of ether oxygens (including phenoxy) is 2. The van der Waals surface area contributed by atoms with Crippen molar-refractivity contribution in [3.63, 3.8) is 0 Å². The normalized spacial score (nSPS) is 24.1. The first kappa shape index (κ1) is 17.8. The summed E-state index contributed by atoms with van der Waals surface area (Å²) >= 11 is 0. The molecule has 0 N–H and O–H groups in total. The van der Waals surface area contributed by atoms with Crippen molar-refractivity contribution in [1.82, 2.24) is 9.88 Å². The monoisotopic (exact) mass is 366 g/mol. The summed E-state index contributed by atoms with van der Waals surface area (Å²) < 4.78 is 11.8. The molecule has 0 aliphatic carbocycles. The third-order valence-electron chi connectivity index (χ3n) is 5.33. The Morgan fingerprint density at radius 1 is 1.07 bits per heavy atom. The molecule has 4 rings (SSSR count). The van der Waals surface area contributed by atoms with Crippen molar-refractivity contribution in [3.05, 3.63) is 54.4 Å². The molecule has 2 aromatic rings. The van der Waals surface area contributed by atoms with E-state index in [4.69, 9.17) is 9.47 Å². The maximum Gasteiger partial charge on any atom is 0.254 e. The van der Waals surface area contributed by atoms with Crippen molar-refractivity contribution >= 4 is 5.91 Å². The van der Waals surface area contributed by atoms with Crippen LogP contribution in [0.1, 0.15) is 49.9 Å². The number of fused-ring (bicyclic) bond motifs is 2. The quantitative estimate of drug-likeness (QED) is 0.800. The fraction of sp³-hybridized carbons (Fsp3) is 0.455. The molecule has 142 valence electrons. The van der Waals surface area contributed by atoms with Gasteiger partial charge >= 0.3 is 0 Å². The van der Waals surface area contributed by atoms with Gasteiger partial charge in [-0.2, -0.15) is 0 Å². The van der Waals surface area contributed by atoms with Crippen molar-refractivity contribution in [2.75, 3.05) is 0 Å². The van der Waals surface area contributed by atoms with E-state index in [1.807, 2.05) is 50.2 Å². The molecular weight excluding hydrogens is 340 g/mol. The van der Waals surface area contributed by atoms with Gasteiger partial charge in [0.05, 0.1) is 12.3 Å². The number of rotatable bonds is 5. The van der Waals surface area contributed by atoms with E-state index in [2.05, 4.69) is 9.88 Å². The minimum atomic E-state index is 0.124. The summed E-state index contributed by atoms with van der Waals surface area (Å²) in [5, 5.41) is 0. The molecule has 2 unspecified atom stereocenters. The molecule has 2 atom stereocenters. The number of pyridine rings is 1. The molecular formula is C22H26N2O3. The van der Waals surface area contributed by atoms with E-state index in [1.54, 1.807) is 12.4 Å². The van der Waals surface area contributed by atoms with Crippen LogP contribution in [-0.2, 0) is 0 Å². The summed E-state index contributed by atoms with van der Waals surface area (Å²) in [5.74, 6) is 1.73. The van der Waals surface area contributed by atoms with Crippen LogP contribution in [0.2, 0.25) is 0 Å². The third kappa shape index (κ3) is 3.92. The first-order valence-corrected chi connectivity index (χ1v) is 9.76. The average Bonchev–Trinajstić information content (AvgIpc) is 2.93. The molecule has 2 saturated heterocycles. The van der Waals surface area contributed by atoms with Crippen molar-refractivity contribution < 1.29 is 14.3 Å². The summed E-state index contributed by atoms with van der Waals surface area (Å²) in [6.45, 7) is 3.99. The van der Waals surface area contributed by atoms with Gasteiger partial charge in [0.2, 0.25) is 0 Å². The van der Waals surface area contributed by atoms with Gasteiger partial charge in [0.1, 0.15) is 17.6 Å². The summed E-state index contributed by atoms with van der Waals surface area (Å²) in [4.78, 5) is 19.3. The molecule has 5 heteroatoms. The topological polar surface area (TPSA) is 51.7 Å². The van der Waals surface area contributed by atoms with Gasteiger partial charge in [-0.05, 0) is 63.1 Å². The van der Waals surface area contributed by atoms with E-state index in [0.717, 1.165) is 42.7 Å². The number of hydrogen-bond donors (Lipinski definition) is 0. The van der Waals surface area contributed by atoms with Crippen LogP contribution in [0.25, 0.3) is 0 Å². The van der Waals surface area contributed by atoms with Crippen LogP contribution in [0.5, 0.6) is 11.5 Å². The van der Waals surface area contributed by atoms with Crippen LogP contribution < -0.4 is 9.47 Å². The molecule has 0 radical (unpaired) electrons. The van der Waals surface area contributed by atoms with E-state index in [-0.39, 0.29) is 30.2 Å². The molecule has 2 aliphatic heterocycles. The highest BCUT2D eigenvalue weighted by Crippen LogP contribution is 2.38. The van der Waals surface area contributed by atoms with E-state index in [0.29, 0.717) is 0 Å². The molecule has 2 aliphatic rings. The number of amides is 1. The van der Waals surface area contributed by atoms with Crippen LogP contribution in [0.4, 0.5) is 0 Å². The standard InChI is InChI=1S/C22H26N2O3/c1-15(2)26-19-9-5-16(6-10-19)22(25)24-17-7-8-18(24)13-21(12-17)27-20-4-3-11-23-14-20/h3-6,9-11,14-15,17-18,21H,7-8,12-13H2,1-2H3.